The highest BCUT2D eigenvalue weighted by atomic mass is 16.2. The molecule has 2 saturated heterocycles. The number of likely N-dealkylation sites (tertiary alicyclic amines) is 1. The molecular weight excluding hydrogens is 534 g/mol. The topological polar surface area (TPSA) is 78.3 Å². The summed E-state index contributed by atoms with van der Waals surface area (Å²) in [6.45, 7) is 8.74. The predicted octanol–water partition coefficient (Wildman–Crippen LogP) is 5.48. The largest absolute Gasteiger partial charge is 0.366 e. The highest BCUT2D eigenvalue weighted by Gasteiger charge is 2.55. The van der Waals surface area contributed by atoms with Gasteiger partial charge in [-0.05, 0) is 114 Å². The lowest BCUT2D eigenvalue weighted by Gasteiger charge is -2.49. The van der Waals surface area contributed by atoms with E-state index < -0.39 is 0 Å². The van der Waals surface area contributed by atoms with E-state index in [0.717, 1.165) is 84.4 Å². The molecule has 2 N–H and O–H groups in total. The van der Waals surface area contributed by atoms with Gasteiger partial charge in [-0.3, -0.25) is 9.69 Å². The fraction of sp³-hybridized carbons (Fsp3) is 0.629. The molecule has 8 nitrogen and oxygen atoms in total. The number of nitrogens with one attached hydrogen (secondary N) is 2. The van der Waals surface area contributed by atoms with Gasteiger partial charge < -0.3 is 20.1 Å². The molecule has 43 heavy (non-hydrogen) atoms. The molecule has 3 aromatic rings. The number of imidazole rings is 1. The summed E-state index contributed by atoms with van der Waals surface area (Å²) in [4.78, 5) is 29.5. The fourth-order valence-electron chi connectivity index (χ4n) is 9.18. The fourth-order valence-corrected chi connectivity index (χ4v) is 9.18. The first kappa shape index (κ1) is 26.4. The van der Waals surface area contributed by atoms with E-state index in [4.69, 9.17) is 9.97 Å². The van der Waals surface area contributed by atoms with Crippen LogP contribution in [0.1, 0.15) is 83.2 Å². The third-order valence-corrected chi connectivity index (χ3v) is 11.8. The maximum absolute atomic E-state index is 14.5. The van der Waals surface area contributed by atoms with Crippen LogP contribution in [-0.4, -0.2) is 69.6 Å². The molecule has 3 aliphatic carbocycles. The molecule has 2 bridgehead atoms. The van der Waals surface area contributed by atoms with Crippen molar-refractivity contribution < 1.29 is 4.79 Å². The van der Waals surface area contributed by atoms with Crippen LogP contribution in [0.3, 0.4) is 0 Å². The number of hydrogen-bond acceptors (Lipinski definition) is 6. The van der Waals surface area contributed by atoms with Crippen molar-refractivity contribution in [2.75, 3.05) is 36.4 Å². The number of carbonyl (C=O) groups excluding carboxylic acids is 1. The summed E-state index contributed by atoms with van der Waals surface area (Å²) in [6.07, 6.45) is 12.6. The first-order valence-electron chi connectivity index (χ1n) is 17.0. The predicted molar refractivity (Wildman–Crippen MR) is 170 cm³/mol. The molecule has 8 heteroatoms. The van der Waals surface area contributed by atoms with E-state index in [0.29, 0.717) is 30.1 Å². The summed E-state index contributed by atoms with van der Waals surface area (Å²) in [7, 11) is 0. The SMILES string of the molecule is CC(C)n1cnc2cc(-c3ccc4c(c3)N(C3CC(N5CC6CCC(C6)C5)C3)C(=O)C43CCNCC3)nc(NC3CC3)c21. The number of hydrogen-bond donors (Lipinski definition) is 2. The minimum atomic E-state index is -0.388. The standard InChI is InChI=1S/C35H45N7O/c1-21(2)41-20-37-30-17-29(39-33(32(30)41)38-25-6-7-25)24-5-8-28-31(14-24)42(34(43)35(28)9-11-36-12-10-35)27-15-26(16-27)40-18-22-3-4-23(13-22)19-40/h5,8,14,17,20-23,25-27,36H,3-4,6-7,9-13,15-16,18-19H2,1-2H3,(H,38,39). The van der Waals surface area contributed by atoms with Gasteiger partial charge in [-0.25, -0.2) is 9.97 Å². The van der Waals surface area contributed by atoms with Crippen LogP contribution in [0.2, 0.25) is 0 Å². The van der Waals surface area contributed by atoms with Crippen molar-refractivity contribution in [2.24, 2.45) is 11.8 Å². The Morgan fingerprint density at radius 3 is 2.47 bits per heavy atom. The Morgan fingerprint density at radius 1 is 0.977 bits per heavy atom. The van der Waals surface area contributed by atoms with Crippen molar-refractivity contribution >= 4 is 28.4 Å². The van der Waals surface area contributed by atoms with Crippen LogP contribution in [0.25, 0.3) is 22.3 Å². The molecule has 3 aliphatic heterocycles. The molecule has 3 saturated carbocycles. The van der Waals surface area contributed by atoms with Crippen LogP contribution in [0, 0.1) is 11.8 Å². The van der Waals surface area contributed by atoms with Crippen molar-refractivity contribution in [3.63, 3.8) is 0 Å². The molecule has 5 heterocycles. The zero-order valence-electron chi connectivity index (χ0n) is 25.7. The lowest BCUT2D eigenvalue weighted by atomic mass is 9.74. The van der Waals surface area contributed by atoms with Crippen molar-refractivity contribution in [3.05, 3.63) is 36.2 Å². The minimum absolute atomic E-state index is 0.296. The van der Waals surface area contributed by atoms with Gasteiger partial charge in [-0.2, -0.15) is 0 Å². The zero-order chi connectivity index (χ0) is 28.9. The Kier molecular flexibility index (Phi) is 6.00. The van der Waals surface area contributed by atoms with Gasteiger partial charge in [0.05, 0.1) is 23.0 Å². The molecule has 1 amide bonds. The Morgan fingerprint density at radius 2 is 1.74 bits per heavy atom. The Balaban J connectivity index is 1.07. The maximum Gasteiger partial charge on any atom is 0.238 e. The minimum Gasteiger partial charge on any atom is -0.366 e. The van der Waals surface area contributed by atoms with Crippen molar-refractivity contribution in [2.45, 2.75) is 101 Å². The molecule has 2 atom stereocenters. The Bertz CT molecular complexity index is 1570. The van der Waals surface area contributed by atoms with Gasteiger partial charge in [0.15, 0.2) is 5.82 Å². The van der Waals surface area contributed by atoms with Crippen molar-refractivity contribution in [3.8, 4) is 11.3 Å². The third kappa shape index (κ3) is 4.19. The van der Waals surface area contributed by atoms with E-state index in [1.165, 1.54) is 50.8 Å². The first-order valence-corrected chi connectivity index (χ1v) is 17.0. The van der Waals surface area contributed by atoms with Crippen molar-refractivity contribution in [1.29, 1.82) is 0 Å². The zero-order valence-corrected chi connectivity index (χ0v) is 25.7. The first-order chi connectivity index (χ1) is 21.0. The van der Waals surface area contributed by atoms with Crippen LogP contribution < -0.4 is 15.5 Å². The summed E-state index contributed by atoms with van der Waals surface area (Å²) in [5, 5.41) is 7.21. The summed E-state index contributed by atoms with van der Waals surface area (Å²) >= 11 is 0. The van der Waals surface area contributed by atoms with E-state index in [-0.39, 0.29) is 5.41 Å². The quantitative estimate of drug-likeness (QED) is 0.403. The lowest BCUT2D eigenvalue weighted by molar-refractivity contribution is -0.125. The van der Waals surface area contributed by atoms with Crippen LogP contribution in [0.4, 0.5) is 11.5 Å². The second-order valence-electron chi connectivity index (χ2n) is 14.9. The number of nitrogens with zero attached hydrogens (tertiary/aromatic N) is 5. The highest BCUT2D eigenvalue weighted by Crippen LogP contribution is 2.52. The summed E-state index contributed by atoms with van der Waals surface area (Å²) in [5.74, 6) is 3.09. The summed E-state index contributed by atoms with van der Waals surface area (Å²) < 4.78 is 2.22. The van der Waals surface area contributed by atoms with Gasteiger partial charge in [0.1, 0.15) is 5.52 Å². The Labute approximate surface area is 254 Å². The molecular formula is C35H45N7O. The normalized spacial score (nSPS) is 29.9. The number of amides is 1. The summed E-state index contributed by atoms with van der Waals surface area (Å²) in [5.41, 5.74) is 6.06. The molecule has 2 aromatic heterocycles. The smallest absolute Gasteiger partial charge is 0.238 e. The third-order valence-electron chi connectivity index (χ3n) is 11.8. The second-order valence-corrected chi connectivity index (χ2v) is 14.9. The van der Waals surface area contributed by atoms with Crippen LogP contribution in [-0.2, 0) is 10.2 Å². The molecule has 1 aromatic carbocycles. The molecule has 226 valence electrons. The number of aromatic nitrogens is 3. The van der Waals surface area contributed by atoms with Gasteiger partial charge in [0.25, 0.3) is 0 Å². The van der Waals surface area contributed by atoms with E-state index in [2.05, 4.69) is 63.1 Å². The van der Waals surface area contributed by atoms with Crippen LogP contribution in [0.15, 0.2) is 30.6 Å². The van der Waals surface area contributed by atoms with Crippen molar-refractivity contribution in [1.82, 2.24) is 24.8 Å². The highest BCUT2D eigenvalue weighted by molar-refractivity contribution is 6.09. The number of rotatable bonds is 6. The van der Waals surface area contributed by atoms with Gasteiger partial charge in [-0.15, -0.1) is 0 Å². The number of pyridine rings is 1. The van der Waals surface area contributed by atoms with E-state index >= 15 is 0 Å². The number of piperidine rings is 2. The van der Waals surface area contributed by atoms with Crippen LogP contribution >= 0.6 is 0 Å². The van der Waals surface area contributed by atoms with E-state index in [1.54, 1.807) is 0 Å². The average molecular weight is 580 g/mol. The lowest BCUT2D eigenvalue weighted by Crippen LogP contribution is -2.59. The van der Waals surface area contributed by atoms with E-state index in [1.807, 2.05) is 6.33 Å². The maximum atomic E-state index is 14.5. The van der Waals surface area contributed by atoms with E-state index in [9.17, 15) is 4.79 Å². The average Bonchev–Trinajstić information content (AvgIpc) is 3.52. The molecule has 2 unspecified atom stereocenters. The van der Waals surface area contributed by atoms with Crippen LogP contribution in [0.5, 0.6) is 0 Å². The molecule has 6 aliphatic rings. The molecule has 0 radical (unpaired) electrons. The number of fused-ring (bicyclic) bond motifs is 5. The van der Waals surface area contributed by atoms with Gasteiger partial charge in [0.2, 0.25) is 5.91 Å². The number of benzene rings is 1. The molecule has 9 rings (SSSR count). The second kappa shape index (κ2) is 9.77. The monoisotopic (exact) mass is 579 g/mol. The number of carbonyl (C=O) groups is 1. The van der Waals surface area contributed by atoms with Gasteiger partial charge in [-0.1, -0.05) is 12.1 Å². The Hall–Kier alpha value is -2.97. The number of anilines is 2. The summed E-state index contributed by atoms with van der Waals surface area (Å²) in [6, 6.07) is 10.6. The molecule has 5 fully saturated rings. The molecule has 1 spiro atoms. The van der Waals surface area contributed by atoms with Gasteiger partial charge in [0, 0.05) is 48.5 Å². The van der Waals surface area contributed by atoms with Gasteiger partial charge >= 0.3 is 0 Å².